The highest BCUT2D eigenvalue weighted by Crippen LogP contribution is 2.36. The van der Waals surface area contributed by atoms with Gasteiger partial charge < -0.3 is 5.32 Å². The van der Waals surface area contributed by atoms with Crippen LogP contribution >= 0.6 is 39.1 Å². The van der Waals surface area contributed by atoms with Crippen molar-refractivity contribution in [3.8, 4) is 0 Å². The van der Waals surface area contributed by atoms with Crippen LogP contribution < -0.4 is 5.32 Å². The van der Waals surface area contributed by atoms with Gasteiger partial charge in [0.2, 0.25) is 5.91 Å². The normalized spacial score (nSPS) is 11.8. The molecule has 0 aliphatic heterocycles. The first kappa shape index (κ1) is 18.8. The molecule has 0 aliphatic carbocycles. The largest absolute Gasteiger partial charge is 0.417 e. The molecule has 2 aromatic carbocycles. The summed E-state index contributed by atoms with van der Waals surface area (Å²) in [5.41, 5.74) is -0.200. The number of rotatable bonds is 3. The van der Waals surface area contributed by atoms with Crippen molar-refractivity contribution in [1.29, 1.82) is 0 Å². The Morgan fingerprint density at radius 3 is 2.42 bits per heavy atom. The summed E-state index contributed by atoms with van der Waals surface area (Å²) < 4.78 is 38.4. The minimum atomic E-state index is -4.52. The quantitative estimate of drug-likeness (QED) is 0.550. The maximum atomic E-state index is 12.8. The monoisotopic (exact) mass is 437 g/mol. The van der Waals surface area contributed by atoms with Crippen molar-refractivity contribution < 1.29 is 18.0 Å². The fourth-order valence-electron chi connectivity index (χ4n) is 1.79. The third kappa shape index (κ3) is 5.00. The van der Waals surface area contributed by atoms with Gasteiger partial charge in [-0.25, -0.2) is 0 Å². The van der Waals surface area contributed by atoms with Crippen molar-refractivity contribution in [1.82, 2.24) is 0 Å². The second-order valence-corrected chi connectivity index (χ2v) is 6.36. The van der Waals surface area contributed by atoms with Gasteiger partial charge in [0, 0.05) is 16.2 Å². The number of alkyl halides is 3. The summed E-state index contributed by atoms with van der Waals surface area (Å²) in [6.07, 6.45) is -1.86. The van der Waals surface area contributed by atoms with Gasteiger partial charge in [0.25, 0.3) is 0 Å². The number of halogens is 6. The first-order chi connectivity index (χ1) is 11.2. The molecule has 0 fully saturated rings. The smallest absolute Gasteiger partial charge is 0.322 e. The molecule has 1 amide bonds. The second-order valence-electron chi connectivity index (χ2n) is 4.69. The molecule has 0 bridgehead atoms. The van der Waals surface area contributed by atoms with E-state index in [1.54, 1.807) is 18.2 Å². The Morgan fingerprint density at radius 1 is 1.08 bits per heavy atom. The molecular weight excluding hydrogens is 430 g/mol. The Labute approximate surface area is 154 Å². The average molecular weight is 439 g/mol. The van der Waals surface area contributed by atoms with E-state index in [4.69, 9.17) is 23.2 Å². The molecule has 0 atom stereocenters. The van der Waals surface area contributed by atoms with Crippen molar-refractivity contribution >= 4 is 56.8 Å². The first-order valence-corrected chi connectivity index (χ1v) is 8.02. The fourth-order valence-corrected chi connectivity index (χ4v) is 2.57. The molecule has 126 valence electrons. The van der Waals surface area contributed by atoms with Gasteiger partial charge in [0.15, 0.2) is 0 Å². The Hall–Kier alpha value is -1.50. The van der Waals surface area contributed by atoms with E-state index in [-0.39, 0.29) is 10.2 Å². The number of carbonyl (C=O) groups is 1. The molecule has 0 unspecified atom stereocenters. The van der Waals surface area contributed by atoms with E-state index in [1.807, 2.05) is 0 Å². The second kappa shape index (κ2) is 7.59. The maximum Gasteiger partial charge on any atom is 0.417 e. The van der Waals surface area contributed by atoms with Gasteiger partial charge in [-0.1, -0.05) is 45.2 Å². The highest BCUT2D eigenvalue weighted by Gasteiger charge is 2.33. The zero-order valence-corrected chi connectivity index (χ0v) is 14.9. The summed E-state index contributed by atoms with van der Waals surface area (Å²) in [7, 11) is 0. The minimum Gasteiger partial charge on any atom is -0.322 e. The van der Waals surface area contributed by atoms with Crippen LogP contribution in [0.3, 0.4) is 0 Å². The lowest BCUT2D eigenvalue weighted by Gasteiger charge is -2.11. The molecule has 8 heteroatoms. The molecule has 2 nitrogen and oxygen atoms in total. The van der Waals surface area contributed by atoms with Gasteiger partial charge >= 0.3 is 6.18 Å². The third-order valence-electron chi connectivity index (χ3n) is 2.91. The van der Waals surface area contributed by atoms with Crippen molar-refractivity contribution in [2.24, 2.45) is 0 Å². The van der Waals surface area contributed by atoms with Crippen LogP contribution in [0.5, 0.6) is 0 Å². The predicted octanol–water partition coefficient (Wildman–Crippen LogP) is 6.43. The van der Waals surface area contributed by atoms with E-state index >= 15 is 0 Å². The molecule has 24 heavy (non-hydrogen) atoms. The summed E-state index contributed by atoms with van der Waals surface area (Å²) in [5, 5.41) is 3.09. The number of benzene rings is 2. The van der Waals surface area contributed by atoms with Gasteiger partial charge in [0.1, 0.15) is 0 Å². The fraction of sp³-hybridized carbons (Fsp3) is 0.0625. The molecule has 0 aliphatic rings. The summed E-state index contributed by atoms with van der Waals surface area (Å²) >= 11 is 14.5. The van der Waals surface area contributed by atoms with Gasteiger partial charge in [-0.15, -0.1) is 0 Å². The van der Waals surface area contributed by atoms with Crippen LogP contribution in [0.2, 0.25) is 10.0 Å². The Kier molecular flexibility index (Phi) is 5.96. The molecule has 0 aromatic heterocycles. The maximum absolute atomic E-state index is 12.8. The lowest BCUT2D eigenvalue weighted by molar-refractivity contribution is -0.138. The highest BCUT2D eigenvalue weighted by molar-refractivity contribution is 9.10. The van der Waals surface area contributed by atoms with E-state index in [0.717, 1.165) is 6.07 Å². The molecule has 2 aromatic rings. The summed E-state index contributed by atoms with van der Waals surface area (Å²) in [5.74, 6) is -0.573. The lowest BCUT2D eigenvalue weighted by atomic mass is 10.2. The highest BCUT2D eigenvalue weighted by atomic mass is 79.9. The Morgan fingerprint density at radius 2 is 1.79 bits per heavy atom. The van der Waals surface area contributed by atoms with Crippen molar-refractivity contribution in [2.45, 2.75) is 6.18 Å². The summed E-state index contributed by atoms with van der Waals surface area (Å²) in [6, 6.07) is 8.24. The molecule has 0 saturated heterocycles. The van der Waals surface area contributed by atoms with Crippen molar-refractivity contribution in [3.05, 3.63) is 68.1 Å². The van der Waals surface area contributed by atoms with Crippen LogP contribution in [0.4, 0.5) is 18.9 Å². The van der Waals surface area contributed by atoms with Crippen LogP contribution in [0.15, 0.2) is 46.9 Å². The predicted molar refractivity (Wildman–Crippen MR) is 93.3 cm³/mol. The van der Waals surface area contributed by atoms with E-state index in [0.29, 0.717) is 15.6 Å². The number of hydrogen-bond acceptors (Lipinski definition) is 1. The van der Waals surface area contributed by atoms with Gasteiger partial charge in [-0.2, -0.15) is 13.2 Å². The Balaban J connectivity index is 2.12. The van der Waals surface area contributed by atoms with E-state index in [9.17, 15) is 18.0 Å². The molecular formula is C16H9BrCl2F3NO. The van der Waals surface area contributed by atoms with E-state index < -0.39 is 17.6 Å². The molecule has 2 rings (SSSR count). The van der Waals surface area contributed by atoms with Crippen LogP contribution in [0.1, 0.15) is 11.1 Å². The number of anilines is 1. The topological polar surface area (TPSA) is 29.1 Å². The standard InChI is InChI=1S/C16H9BrCl2F3NO/c17-12-4-3-10(8-11(12)16(20,21)22)23-15(24)6-2-9-1-5-13(18)14(19)7-9/h1-8H,(H,23,24). The van der Waals surface area contributed by atoms with Gasteiger partial charge in [-0.05, 0) is 42.0 Å². The zero-order chi connectivity index (χ0) is 17.9. The molecule has 0 radical (unpaired) electrons. The van der Waals surface area contributed by atoms with Gasteiger partial charge in [0.05, 0.1) is 15.6 Å². The SMILES string of the molecule is O=C(C=Cc1ccc(Cl)c(Cl)c1)Nc1ccc(Br)c(C(F)(F)F)c1. The van der Waals surface area contributed by atoms with Crippen LogP contribution in [-0.4, -0.2) is 5.91 Å². The Bertz CT molecular complexity index is 806. The molecule has 1 N–H and O–H groups in total. The third-order valence-corrected chi connectivity index (χ3v) is 4.34. The van der Waals surface area contributed by atoms with Crippen molar-refractivity contribution in [3.63, 3.8) is 0 Å². The van der Waals surface area contributed by atoms with Crippen molar-refractivity contribution in [2.75, 3.05) is 5.32 Å². The molecule has 0 spiro atoms. The first-order valence-electron chi connectivity index (χ1n) is 6.47. The van der Waals surface area contributed by atoms with Crippen LogP contribution in [0, 0.1) is 0 Å². The molecule has 0 saturated carbocycles. The number of nitrogens with one attached hydrogen (secondary N) is 1. The minimum absolute atomic E-state index is 0.0364. The molecule has 0 heterocycles. The van der Waals surface area contributed by atoms with Crippen LogP contribution in [0.25, 0.3) is 6.08 Å². The average Bonchev–Trinajstić information content (AvgIpc) is 2.49. The van der Waals surface area contributed by atoms with E-state index in [2.05, 4.69) is 21.2 Å². The van der Waals surface area contributed by atoms with Crippen LogP contribution in [-0.2, 0) is 11.0 Å². The summed E-state index contributed by atoms with van der Waals surface area (Å²) in [4.78, 5) is 11.8. The van der Waals surface area contributed by atoms with E-state index in [1.165, 1.54) is 24.3 Å². The number of carbonyl (C=O) groups excluding carboxylic acids is 1. The van der Waals surface area contributed by atoms with Gasteiger partial charge in [-0.3, -0.25) is 4.79 Å². The number of hydrogen-bond donors (Lipinski definition) is 1. The number of amides is 1. The zero-order valence-electron chi connectivity index (χ0n) is 11.8. The lowest BCUT2D eigenvalue weighted by Crippen LogP contribution is -2.11. The summed E-state index contributed by atoms with van der Waals surface area (Å²) in [6.45, 7) is 0.